The molecule has 1 aromatic heterocycles. The Hall–Kier alpha value is -2.00. The van der Waals surface area contributed by atoms with E-state index in [0.717, 1.165) is 11.3 Å². The van der Waals surface area contributed by atoms with Crippen molar-refractivity contribution in [3.63, 3.8) is 0 Å². The van der Waals surface area contributed by atoms with Gasteiger partial charge in [-0.25, -0.2) is 4.98 Å². The lowest BCUT2D eigenvalue weighted by Crippen LogP contribution is -2.12. The van der Waals surface area contributed by atoms with Crippen LogP contribution >= 0.6 is 7.14 Å². The van der Waals surface area contributed by atoms with Gasteiger partial charge in [0, 0.05) is 0 Å². The standard InChI is InChI=1S/C15H19N2O3P/c1-19-12-6-4-11(5-7-12)10-20-13-8-14(21(2,3)18)15(16)17-9-13/h4-9H,10H2,1-3H3,(H2,16,17). The van der Waals surface area contributed by atoms with Gasteiger partial charge in [-0.1, -0.05) is 12.1 Å². The highest BCUT2D eigenvalue weighted by Gasteiger charge is 2.16. The molecular weight excluding hydrogens is 287 g/mol. The Morgan fingerprint density at radius 3 is 2.43 bits per heavy atom. The van der Waals surface area contributed by atoms with Gasteiger partial charge in [0.2, 0.25) is 0 Å². The Bertz CT molecular complexity index is 665. The van der Waals surface area contributed by atoms with E-state index >= 15 is 0 Å². The Labute approximate surface area is 124 Å². The van der Waals surface area contributed by atoms with Gasteiger partial charge in [0.1, 0.15) is 31.1 Å². The number of nitrogens with two attached hydrogens (primary N) is 1. The minimum Gasteiger partial charge on any atom is -0.497 e. The first kappa shape index (κ1) is 15.4. The summed E-state index contributed by atoms with van der Waals surface area (Å²) >= 11 is 0. The van der Waals surface area contributed by atoms with E-state index in [-0.39, 0.29) is 0 Å². The third kappa shape index (κ3) is 3.99. The molecule has 112 valence electrons. The Kier molecular flexibility index (Phi) is 4.53. The van der Waals surface area contributed by atoms with E-state index in [1.165, 1.54) is 6.20 Å². The van der Waals surface area contributed by atoms with Gasteiger partial charge in [-0.2, -0.15) is 0 Å². The van der Waals surface area contributed by atoms with E-state index in [1.54, 1.807) is 26.5 Å². The molecule has 0 atom stereocenters. The van der Waals surface area contributed by atoms with Crippen LogP contribution in [0.25, 0.3) is 0 Å². The topological polar surface area (TPSA) is 74.4 Å². The van der Waals surface area contributed by atoms with Crippen molar-refractivity contribution in [3.8, 4) is 11.5 Å². The number of ether oxygens (including phenoxy) is 2. The number of anilines is 1. The molecule has 0 unspecified atom stereocenters. The summed E-state index contributed by atoms with van der Waals surface area (Å²) in [5.41, 5.74) is 6.77. The minimum atomic E-state index is -2.47. The van der Waals surface area contributed by atoms with Crippen LogP contribution in [-0.2, 0) is 11.2 Å². The molecule has 1 heterocycles. The molecule has 0 aliphatic rings. The molecule has 0 aliphatic carbocycles. The quantitative estimate of drug-likeness (QED) is 0.859. The van der Waals surface area contributed by atoms with Crippen molar-refractivity contribution in [1.82, 2.24) is 4.98 Å². The summed E-state index contributed by atoms with van der Waals surface area (Å²) in [7, 11) is -0.847. The van der Waals surface area contributed by atoms with Crippen LogP contribution in [0.2, 0.25) is 0 Å². The second-order valence-electron chi connectivity index (χ2n) is 5.06. The molecule has 2 N–H and O–H groups in total. The van der Waals surface area contributed by atoms with Crippen molar-refractivity contribution in [2.75, 3.05) is 26.2 Å². The molecule has 1 aromatic carbocycles. The average molecular weight is 306 g/mol. The summed E-state index contributed by atoms with van der Waals surface area (Å²) in [6, 6.07) is 9.30. The first-order valence-electron chi connectivity index (χ1n) is 6.47. The summed E-state index contributed by atoms with van der Waals surface area (Å²) in [5.74, 6) is 1.65. The molecule has 0 saturated heterocycles. The van der Waals surface area contributed by atoms with Gasteiger partial charge in [0.05, 0.1) is 18.6 Å². The fourth-order valence-electron chi connectivity index (χ4n) is 1.84. The zero-order chi connectivity index (χ0) is 15.5. The lowest BCUT2D eigenvalue weighted by molar-refractivity contribution is 0.305. The van der Waals surface area contributed by atoms with Crippen LogP contribution < -0.4 is 20.5 Å². The molecule has 0 fully saturated rings. The predicted molar refractivity (Wildman–Crippen MR) is 85.1 cm³/mol. The lowest BCUT2D eigenvalue weighted by Gasteiger charge is -2.12. The molecule has 21 heavy (non-hydrogen) atoms. The highest BCUT2D eigenvalue weighted by molar-refractivity contribution is 7.70. The maximum Gasteiger partial charge on any atom is 0.139 e. The number of pyridine rings is 1. The van der Waals surface area contributed by atoms with E-state index in [4.69, 9.17) is 15.2 Å². The highest BCUT2D eigenvalue weighted by Crippen LogP contribution is 2.37. The van der Waals surface area contributed by atoms with Gasteiger partial charge in [-0.05, 0) is 37.1 Å². The number of hydrogen-bond donors (Lipinski definition) is 1. The van der Waals surface area contributed by atoms with Crippen molar-refractivity contribution in [3.05, 3.63) is 42.1 Å². The second-order valence-corrected chi connectivity index (χ2v) is 8.25. The molecule has 2 rings (SSSR count). The number of nitrogens with zero attached hydrogens (tertiary/aromatic N) is 1. The Morgan fingerprint density at radius 1 is 1.19 bits per heavy atom. The Morgan fingerprint density at radius 2 is 1.86 bits per heavy atom. The number of aromatic nitrogens is 1. The number of rotatable bonds is 5. The summed E-state index contributed by atoms with van der Waals surface area (Å²) in [6.07, 6.45) is 1.54. The average Bonchev–Trinajstić information content (AvgIpc) is 2.45. The molecule has 0 amide bonds. The highest BCUT2D eigenvalue weighted by atomic mass is 31.2. The van der Waals surface area contributed by atoms with Crippen LogP contribution in [0.1, 0.15) is 5.56 Å². The molecule has 6 heteroatoms. The van der Waals surface area contributed by atoms with Crippen molar-refractivity contribution in [1.29, 1.82) is 0 Å². The van der Waals surface area contributed by atoms with Gasteiger partial charge in [0.15, 0.2) is 0 Å². The van der Waals surface area contributed by atoms with Crippen LogP contribution in [0.4, 0.5) is 5.82 Å². The molecule has 2 aromatic rings. The van der Waals surface area contributed by atoms with E-state index in [9.17, 15) is 4.57 Å². The minimum absolute atomic E-state index is 0.292. The molecular formula is C15H19N2O3P. The number of benzene rings is 1. The number of methoxy groups -OCH3 is 1. The zero-order valence-electron chi connectivity index (χ0n) is 12.4. The van der Waals surface area contributed by atoms with Crippen LogP contribution in [0, 0.1) is 0 Å². The number of hydrogen-bond acceptors (Lipinski definition) is 5. The first-order valence-corrected chi connectivity index (χ1v) is 9.07. The zero-order valence-corrected chi connectivity index (χ0v) is 13.3. The van der Waals surface area contributed by atoms with E-state index in [1.807, 2.05) is 24.3 Å². The van der Waals surface area contributed by atoms with Crippen LogP contribution in [0.3, 0.4) is 0 Å². The molecule has 0 radical (unpaired) electrons. The van der Waals surface area contributed by atoms with Gasteiger partial charge >= 0.3 is 0 Å². The van der Waals surface area contributed by atoms with E-state index in [2.05, 4.69) is 4.98 Å². The van der Waals surface area contributed by atoms with Crippen molar-refractivity contribution >= 4 is 18.3 Å². The Balaban J connectivity index is 2.11. The monoisotopic (exact) mass is 306 g/mol. The summed E-state index contributed by atoms with van der Waals surface area (Å²) in [5, 5.41) is 0.551. The van der Waals surface area contributed by atoms with Crippen LogP contribution in [0.5, 0.6) is 11.5 Å². The SMILES string of the molecule is COc1ccc(COc2cnc(N)c(P(C)(C)=O)c2)cc1. The smallest absolute Gasteiger partial charge is 0.139 e. The fourth-order valence-corrected chi connectivity index (χ4v) is 2.89. The van der Waals surface area contributed by atoms with E-state index in [0.29, 0.717) is 23.5 Å². The normalized spacial score (nSPS) is 11.2. The first-order chi connectivity index (χ1) is 9.90. The van der Waals surface area contributed by atoms with E-state index < -0.39 is 7.14 Å². The van der Waals surface area contributed by atoms with Crippen molar-refractivity contribution < 1.29 is 14.0 Å². The molecule has 0 saturated carbocycles. The molecule has 0 aliphatic heterocycles. The van der Waals surface area contributed by atoms with Gasteiger partial charge in [0.25, 0.3) is 0 Å². The largest absolute Gasteiger partial charge is 0.497 e. The number of nitrogen functional groups attached to an aromatic ring is 1. The van der Waals surface area contributed by atoms with Crippen LogP contribution in [-0.4, -0.2) is 25.4 Å². The van der Waals surface area contributed by atoms with Crippen molar-refractivity contribution in [2.24, 2.45) is 0 Å². The summed E-state index contributed by atoms with van der Waals surface area (Å²) in [6.45, 7) is 3.72. The predicted octanol–water partition coefficient (Wildman–Crippen LogP) is 2.50. The molecule has 5 nitrogen and oxygen atoms in total. The maximum absolute atomic E-state index is 12.1. The third-order valence-electron chi connectivity index (χ3n) is 3.02. The fraction of sp³-hybridized carbons (Fsp3) is 0.267. The van der Waals surface area contributed by atoms with Crippen LogP contribution in [0.15, 0.2) is 36.5 Å². The summed E-state index contributed by atoms with van der Waals surface area (Å²) < 4.78 is 22.9. The van der Waals surface area contributed by atoms with Gasteiger partial charge in [-0.15, -0.1) is 0 Å². The van der Waals surface area contributed by atoms with Gasteiger partial charge < -0.3 is 19.8 Å². The lowest BCUT2D eigenvalue weighted by atomic mass is 10.2. The maximum atomic E-state index is 12.1. The van der Waals surface area contributed by atoms with Crippen molar-refractivity contribution in [2.45, 2.75) is 6.61 Å². The molecule has 0 spiro atoms. The second kappa shape index (κ2) is 6.19. The summed E-state index contributed by atoms with van der Waals surface area (Å²) in [4.78, 5) is 4.05. The third-order valence-corrected chi connectivity index (χ3v) is 4.54. The van der Waals surface area contributed by atoms with Gasteiger partial charge in [-0.3, -0.25) is 0 Å². The molecule has 0 bridgehead atoms.